The number of aliphatic hydroxyl groups excluding tert-OH is 4. The lowest BCUT2D eigenvalue weighted by Gasteiger charge is -2.22. The van der Waals surface area contributed by atoms with Crippen LogP contribution >= 0.6 is 11.6 Å². The number of amides is 1. The monoisotopic (exact) mass is 360 g/mol. The van der Waals surface area contributed by atoms with Crippen molar-refractivity contribution in [3.63, 3.8) is 0 Å². The summed E-state index contributed by atoms with van der Waals surface area (Å²) in [5, 5.41) is 41.6. The highest BCUT2D eigenvalue weighted by molar-refractivity contribution is 6.30. The average molecular weight is 361 g/mol. The van der Waals surface area contributed by atoms with Gasteiger partial charge in [-0.05, 0) is 37.6 Å². The lowest BCUT2D eigenvalue weighted by Crippen LogP contribution is -2.44. The smallest absolute Gasteiger partial charge is 0.277 e. The van der Waals surface area contributed by atoms with Crippen LogP contribution in [0.2, 0.25) is 5.02 Å². The van der Waals surface area contributed by atoms with E-state index in [-0.39, 0.29) is 6.61 Å². The highest BCUT2D eigenvalue weighted by Gasteiger charge is 2.27. The molecule has 4 unspecified atom stereocenters. The van der Waals surface area contributed by atoms with Gasteiger partial charge in [-0.25, -0.2) is 5.43 Å². The summed E-state index contributed by atoms with van der Waals surface area (Å²) in [7, 11) is 0. The van der Waals surface area contributed by atoms with Crippen molar-refractivity contribution < 1.29 is 30.0 Å². The van der Waals surface area contributed by atoms with E-state index in [1.165, 1.54) is 6.92 Å². The molecule has 5 N–H and O–H groups in total. The van der Waals surface area contributed by atoms with Crippen LogP contribution < -0.4 is 10.2 Å². The quantitative estimate of drug-likeness (QED) is 0.316. The van der Waals surface area contributed by atoms with Crippen LogP contribution in [0, 0.1) is 6.92 Å². The Kier molecular flexibility index (Phi) is 8.09. The van der Waals surface area contributed by atoms with Gasteiger partial charge in [-0.3, -0.25) is 4.79 Å². The lowest BCUT2D eigenvalue weighted by atomic mass is 10.1. The van der Waals surface area contributed by atoms with Crippen molar-refractivity contribution in [1.29, 1.82) is 0 Å². The minimum absolute atomic E-state index is 0.311. The molecule has 0 spiro atoms. The van der Waals surface area contributed by atoms with E-state index in [0.29, 0.717) is 10.8 Å². The summed E-state index contributed by atoms with van der Waals surface area (Å²) in [4.78, 5) is 11.6. The van der Waals surface area contributed by atoms with Gasteiger partial charge in [0, 0.05) is 5.02 Å². The Balaban J connectivity index is 2.42. The molecule has 0 fully saturated rings. The first-order valence-electron chi connectivity index (χ1n) is 7.15. The third-order valence-corrected chi connectivity index (χ3v) is 3.34. The molecule has 1 aromatic carbocycles. The van der Waals surface area contributed by atoms with Gasteiger partial charge in [0.25, 0.3) is 5.91 Å². The fraction of sp³-hybridized carbons (Fsp3) is 0.467. The highest BCUT2D eigenvalue weighted by Crippen LogP contribution is 2.21. The van der Waals surface area contributed by atoms with Gasteiger partial charge in [0.2, 0.25) is 0 Å². The molecule has 0 aromatic heterocycles. The second-order valence-corrected chi connectivity index (χ2v) is 5.66. The molecule has 0 aliphatic carbocycles. The van der Waals surface area contributed by atoms with E-state index in [9.17, 15) is 20.1 Å². The summed E-state index contributed by atoms with van der Waals surface area (Å²) in [5.74, 6) is -0.0904. The van der Waals surface area contributed by atoms with Crippen LogP contribution in [-0.4, -0.2) is 63.6 Å². The molecule has 9 heteroatoms. The van der Waals surface area contributed by atoms with Crippen LogP contribution in [0.3, 0.4) is 0 Å². The van der Waals surface area contributed by atoms with E-state index in [0.717, 1.165) is 11.8 Å². The first kappa shape index (κ1) is 20.3. The van der Waals surface area contributed by atoms with Crippen LogP contribution in [0.15, 0.2) is 23.3 Å². The summed E-state index contributed by atoms with van der Waals surface area (Å²) in [6.45, 7) is 2.73. The molecule has 1 aromatic rings. The number of benzene rings is 1. The molecule has 0 aliphatic heterocycles. The number of hydrazone groups is 1. The van der Waals surface area contributed by atoms with Crippen molar-refractivity contribution in [3.05, 3.63) is 28.8 Å². The van der Waals surface area contributed by atoms with E-state index in [1.54, 1.807) is 25.1 Å². The van der Waals surface area contributed by atoms with E-state index in [1.807, 2.05) is 0 Å². The molecule has 0 radical (unpaired) electrons. The average Bonchev–Trinajstić information content (AvgIpc) is 2.52. The molecule has 0 saturated carbocycles. The van der Waals surface area contributed by atoms with Gasteiger partial charge in [-0.1, -0.05) is 11.6 Å². The summed E-state index contributed by atoms with van der Waals surface area (Å²) >= 11 is 5.81. The Labute approximate surface area is 144 Å². The minimum atomic E-state index is -1.64. The first-order valence-corrected chi connectivity index (χ1v) is 7.53. The highest BCUT2D eigenvalue weighted by atomic mass is 35.5. The largest absolute Gasteiger partial charge is 0.483 e. The molecule has 1 amide bonds. The molecule has 4 atom stereocenters. The minimum Gasteiger partial charge on any atom is -0.483 e. The molecule has 134 valence electrons. The van der Waals surface area contributed by atoms with Crippen LogP contribution in [0.25, 0.3) is 0 Å². The number of aryl methyl sites for hydroxylation is 1. The molecule has 1 rings (SSSR count). The molecule has 24 heavy (non-hydrogen) atoms. The fourth-order valence-electron chi connectivity index (χ4n) is 1.71. The van der Waals surface area contributed by atoms with E-state index >= 15 is 0 Å². The molecule has 0 heterocycles. The predicted molar refractivity (Wildman–Crippen MR) is 88.0 cm³/mol. The number of aliphatic hydroxyl groups is 4. The van der Waals surface area contributed by atoms with Crippen LogP contribution in [0.1, 0.15) is 12.5 Å². The van der Waals surface area contributed by atoms with E-state index in [4.69, 9.17) is 21.4 Å². The number of carbonyl (C=O) groups excluding carboxylic acids is 1. The summed E-state index contributed by atoms with van der Waals surface area (Å²) in [6, 6.07) is 4.95. The number of nitrogens with zero attached hydrogens (tertiary/aromatic N) is 1. The zero-order valence-corrected chi connectivity index (χ0v) is 14.0. The number of ether oxygens (including phenoxy) is 1. The molecule has 8 nitrogen and oxygen atoms in total. The topological polar surface area (TPSA) is 132 Å². The van der Waals surface area contributed by atoms with Crippen LogP contribution in [-0.2, 0) is 4.79 Å². The van der Waals surface area contributed by atoms with Gasteiger partial charge in [0.05, 0.1) is 12.3 Å². The van der Waals surface area contributed by atoms with Gasteiger partial charge in [0.1, 0.15) is 24.1 Å². The number of rotatable bonds is 8. The Morgan fingerprint density at radius 2 is 2.00 bits per heavy atom. The molecular formula is C15H21ClN2O6. The lowest BCUT2D eigenvalue weighted by molar-refractivity contribution is -0.123. The summed E-state index contributed by atoms with van der Waals surface area (Å²) < 4.78 is 5.30. The molecule has 0 aliphatic rings. The maximum absolute atomic E-state index is 11.6. The Morgan fingerprint density at radius 3 is 2.58 bits per heavy atom. The Morgan fingerprint density at radius 1 is 1.33 bits per heavy atom. The SMILES string of the molecule is Cc1cc(Cl)ccc1OCC(=O)NN=CC(O)C(O)C(O)C(C)O. The predicted octanol–water partition coefficient (Wildman–Crippen LogP) is -0.407. The van der Waals surface area contributed by atoms with Gasteiger partial charge < -0.3 is 25.2 Å². The van der Waals surface area contributed by atoms with Crippen molar-refractivity contribution in [1.82, 2.24) is 5.43 Å². The van der Waals surface area contributed by atoms with E-state index in [2.05, 4.69) is 10.5 Å². The van der Waals surface area contributed by atoms with Crippen molar-refractivity contribution in [2.75, 3.05) is 6.61 Å². The molecule has 0 bridgehead atoms. The maximum Gasteiger partial charge on any atom is 0.277 e. The molecular weight excluding hydrogens is 340 g/mol. The fourth-order valence-corrected chi connectivity index (χ4v) is 1.94. The van der Waals surface area contributed by atoms with Gasteiger partial charge in [-0.2, -0.15) is 5.10 Å². The number of hydrogen-bond acceptors (Lipinski definition) is 7. The standard InChI is InChI=1S/C15H21ClN2O6/c1-8-5-10(16)3-4-12(8)24-7-13(21)18-17-6-11(20)15(23)14(22)9(2)19/h3-6,9,11,14-15,19-20,22-23H,7H2,1-2H3,(H,18,21). The summed E-state index contributed by atoms with van der Waals surface area (Å²) in [6.07, 6.45) is -5.14. The number of hydrogen-bond donors (Lipinski definition) is 5. The van der Waals surface area contributed by atoms with E-state index < -0.39 is 30.3 Å². The first-order chi connectivity index (χ1) is 11.2. The second-order valence-electron chi connectivity index (χ2n) is 5.22. The van der Waals surface area contributed by atoms with Gasteiger partial charge >= 0.3 is 0 Å². The Hall–Kier alpha value is -1.71. The zero-order valence-electron chi connectivity index (χ0n) is 13.3. The zero-order chi connectivity index (χ0) is 18.3. The van der Waals surface area contributed by atoms with Crippen LogP contribution in [0.5, 0.6) is 5.75 Å². The molecule has 0 saturated heterocycles. The summed E-state index contributed by atoms with van der Waals surface area (Å²) in [5.41, 5.74) is 2.87. The maximum atomic E-state index is 11.6. The normalized spacial score (nSPS) is 16.5. The number of nitrogens with one attached hydrogen (secondary N) is 1. The van der Waals surface area contributed by atoms with Gasteiger partial charge in [0.15, 0.2) is 6.61 Å². The van der Waals surface area contributed by atoms with Crippen LogP contribution in [0.4, 0.5) is 0 Å². The Bertz CT molecular complexity index is 581. The van der Waals surface area contributed by atoms with Crippen molar-refractivity contribution in [2.45, 2.75) is 38.3 Å². The van der Waals surface area contributed by atoms with Crippen molar-refractivity contribution in [2.24, 2.45) is 5.10 Å². The number of carbonyl (C=O) groups is 1. The third kappa shape index (κ3) is 6.42. The van der Waals surface area contributed by atoms with Crippen molar-refractivity contribution >= 4 is 23.7 Å². The van der Waals surface area contributed by atoms with Gasteiger partial charge in [-0.15, -0.1) is 0 Å². The van der Waals surface area contributed by atoms with Crippen molar-refractivity contribution in [3.8, 4) is 5.75 Å². The third-order valence-electron chi connectivity index (χ3n) is 3.11. The number of halogens is 1. The second kappa shape index (κ2) is 9.55.